The minimum atomic E-state index is -5.33. The first-order chi connectivity index (χ1) is 15.5. The molecule has 2 atom stereocenters. The average molecular weight is 516 g/mol. The summed E-state index contributed by atoms with van der Waals surface area (Å²) in [5, 5.41) is 0.835. The lowest BCUT2D eigenvalue weighted by Crippen LogP contribution is -2.55. The van der Waals surface area contributed by atoms with E-state index in [0.29, 0.717) is 9.91 Å². The van der Waals surface area contributed by atoms with Gasteiger partial charge in [0.15, 0.2) is 0 Å². The molecule has 0 radical (unpaired) electrons. The monoisotopic (exact) mass is 515 g/mol. The minimum absolute atomic E-state index is 0.185. The van der Waals surface area contributed by atoms with Crippen LogP contribution in [0.3, 0.4) is 0 Å². The van der Waals surface area contributed by atoms with E-state index in [1.54, 1.807) is 20.8 Å². The number of carbonyl (C=O) groups is 3. The van der Waals surface area contributed by atoms with Crippen LogP contribution in [0.2, 0.25) is 0 Å². The van der Waals surface area contributed by atoms with Crippen molar-refractivity contribution in [2.24, 2.45) is 5.41 Å². The predicted octanol–water partition coefficient (Wildman–Crippen LogP) is 3.99. The fraction of sp³-hybridized carbons (Fsp3) is 0.864. The summed E-state index contributed by atoms with van der Waals surface area (Å²) >= 11 is 0. The third-order valence-corrected chi connectivity index (χ3v) is 5.59. The van der Waals surface area contributed by atoms with Crippen molar-refractivity contribution in [3.05, 3.63) is 0 Å². The van der Waals surface area contributed by atoms with Crippen molar-refractivity contribution in [3.63, 3.8) is 0 Å². The molecule has 2 aliphatic heterocycles. The topological polar surface area (TPSA) is 79.4 Å². The zero-order valence-corrected chi connectivity index (χ0v) is 21.3. The van der Waals surface area contributed by atoms with Crippen LogP contribution in [0.4, 0.5) is 26.7 Å². The fourth-order valence-electron chi connectivity index (χ4n) is 3.98. The van der Waals surface area contributed by atoms with Crippen LogP contribution in [-0.2, 0) is 19.1 Å². The van der Waals surface area contributed by atoms with Gasteiger partial charge in [-0.2, -0.15) is 13.2 Å². The van der Waals surface area contributed by atoms with Gasteiger partial charge in [0.05, 0.1) is 24.5 Å². The Morgan fingerprint density at radius 2 is 1.43 bits per heavy atom. The summed E-state index contributed by atoms with van der Waals surface area (Å²) in [5.74, 6) is -6.64. The smallest absolute Gasteiger partial charge is 0.460 e. The van der Waals surface area contributed by atoms with E-state index in [-0.39, 0.29) is 11.4 Å². The van der Waals surface area contributed by atoms with Crippen molar-refractivity contribution in [1.82, 2.24) is 14.9 Å². The van der Waals surface area contributed by atoms with Crippen LogP contribution in [0.5, 0.6) is 0 Å². The maximum Gasteiger partial charge on any atom is 0.472 e. The highest BCUT2D eigenvalue weighted by molar-refractivity contribution is 5.82. The average Bonchev–Trinajstić information content (AvgIpc) is 3.11. The van der Waals surface area contributed by atoms with Crippen LogP contribution >= 0.6 is 0 Å². The number of rotatable bonds is 4. The number of hydrogen-bond donors (Lipinski definition) is 0. The molecule has 0 aromatic carbocycles. The van der Waals surface area contributed by atoms with E-state index < -0.39 is 78.4 Å². The van der Waals surface area contributed by atoms with E-state index in [4.69, 9.17) is 9.47 Å². The number of likely N-dealkylation sites (tertiary alicyclic amines) is 1. The van der Waals surface area contributed by atoms with Gasteiger partial charge in [-0.15, -0.1) is 0 Å². The van der Waals surface area contributed by atoms with Crippen molar-refractivity contribution in [2.45, 2.75) is 97.2 Å². The number of ether oxygens (including phenoxy) is 2. The zero-order valence-electron chi connectivity index (χ0n) is 21.3. The van der Waals surface area contributed by atoms with Crippen LogP contribution in [0.1, 0.15) is 61.8 Å². The first-order valence-electron chi connectivity index (χ1n) is 11.2. The normalized spacial score (nSPS) is 23.3. The second-order valence-electron chi connectivity index (χ2n) is 11.6. The Balaban J connectivity index is 2.37. The van der Waals surface area contributed by atoms with Gasteiger partial charge >= 0.3 is 24.1 Å². The van der Waals surface area contributed by atoms with Crippen molar-refractivity contribution in [1.29, 1.82) is 0 Å². The molecule has 2 rings (SSSR count). The number of nitrogens with zero attached hydrogens (tertiary/aromatic N) is 3. The number of halogens is 5. The van der Waals surface area contributed by atoms with E-state index in [2.05, 4.69) is 0 Å². The zero-order chi connectivity index (χ0) is 27.4. The number of fused-ring (bicyclic) bond motifs is 1. The number of alkyl halides is 5. The van der Waals surface area contributed by atoms with E-state index in [1.165, 1.54) is 34.6 Å². The number of carbonyl (C=O) groups excluding carboxylic acids is 3. The van der Waals surface area contributed by atoms with Crippen LogP contribution in [-0.4, -0.2) is 87.9 Å². The second kappa shape index (κ2) is 9.04. The third-order valence-electron chi connectivity index (χ3n) is 5.59. The van der Waals surface area contributed by atoms with Crippen LogP contribution in [0, 0.1) is 5.41 Å². The standard InChI is InChI=1S/C22H34F5N3O5/c1-18(2,3)34-16(32)20(7,8)9-10-29-14-13(11-30(29)15(31)22(25,26)27)28(12-21(14,23)24)17(33)35-19(4,5)6/h13-14H,9-12H2,1-8H3/t13-,14+/m0/s1. The molecule has 35 heavy (non-hydrogen) atoms. The van der Waals surface area contributed by atoms with Gasteiger partial charge < -0.3 is 9.47 Å². The highest BCUT2D eigenvalue weighted by Crippen LogP contribution is 2.43. The Hall–Kier alpha value is -2.18. The molecular formula is C22H34F5N3O5. The van der Waals surface area contributed by atoms with Gasteiger partial charge in [-0.05, 0) is 61.8 Å². The summed E-state index contributed by atoms with van der Waals surface area (Å²) in [6.07, 6.45) is -6.63. The van der Waals surface area contributed by atoms with E-state index >= 15 is 8.78 Å². The Morgan fingerprint density at radius 1 is 0.914 bits per heavy atom. The van der Waals surface area contributed by atoms with Crippen LogP contribution < -0.4 is 0 Å². The quantitative estimate of drug-likeness (QED) is 0.416. The predicted molar refractivity (Wildman–Crippen MR) is 114 cm³/mol. The largest absolute Gasteiger partial charge is 0.472 e. The number of hydrazine groups is 1. The molecule has 202 valence electrons. The van der Waals surface area contributed by atoms with Crippen molar-refractivity contribution < 1.29 is 45.8 Å². The van der Waals surface area contributed by atoms with Gasteiger partial charge in [-0.1, -0.05) is 0 Å². The molecule has 0 aliphatic carbocycles. The highest BCUT2D eigenvalue weighted by Gasteiger charge is 2.66. The number of hydrogen-bond acceptors (Lipinski definition) is 6. The molecule has 2 heterocycles. The third kappa shape index (κ3) is 6.73. The van der Waals surface area contributed by atoms with Crippen molar-refractivity contribution >= 4 is 18.0 Å². The van der Waals surface area contributed by atoms with E-state index in [0.717, 1.165) is 0 Å². The Bertz CT molecular complexity index is 848. The maximum atomic E-state index is 15.1. The molecule has 0 saturated carbocycles. The lowest BCUT2D eigenvalue weighted by atomic mass is 9.89. The van der Waals surface area contributed by atoms with Gasteiger partial charge in [-0.25, -0.2) is 18.6 Å². The molecule has 13 heteroatoms. The summed E-state index contributed by atoms with van der Waals surface area (Å²) in [7, 11) is 0. The van der Waals surface area contributed by atoms with Crippen LogP contribution in [0.15, 0.2) is 0 Å². The van der Waals surface area contributed by atoms with Gasteiger partial charge in [-0.3, -0.25) is 19.5 Å². The second-order valence-corrected chi connectivity index (χ2v) is 11.6. The SMILES string of the molecule is CC(C)(C)OC(=O)N1CC(F)(F)[C@H]2[C@@H]1CN(C(=O)C(F)(F)F)N2CCC(C)(C)C(=O)OC(C)(C)C. The number of amides is 2. The molecule has 2 saturated heterocycles. The molecule has 0 aromatic heterocycles. The minimum Gasteiger partial charge on any atom is -0.460 e. The number of esters is 1. The maximum absolute atomic E-state index is 15.1. The van der Waals surface area contributed by atoms with Crippen molar-refractivity contribution in [3.8, 4) is 0 Å². The summed E-state index contributed by atoms with van der Waals surface area (Å²) in [6, 6.07) is -3.34. The molecule has 0 bridgehead atoms. The molecule has 2 fully saturated rings. The van der Waals surface area contributed by atoms with Crippen LogP contribution in [0.25, 0.3) is 0 Å². The summed E-state index contributed by atoms with van der Waals surface area (Å²) in [4.78, 5) is 38.0. The summed E-state index contributed by atoms with van der Waals surface area (Å²) in [6.45, 7) is 10.1. The Labute approximate surface area is 201 Å². The molecule has 8 nitrogen and oxygen atoms in total. The first kappa shape index (κ1) is 29.1. The molecule has 2 amide bonds. The van der Waals surface area contributed by atoms with E-state index in [9.17, 15) is 27.6 Å². The Morgan fingerprint density at radius 3 is 1.89 bits per heavy atom. The van der Waals surface area contributed by atoms with Crippen molar-refractivity contribution in [2.75, 3.05) is 19.6 Å². The van der Waals surface area contributed by atoms with E-state index in [1.807, 2.05) is 0 Å². The summed E-state index contributed by atoms with van der Waals surface area (Å²) in [5.41, 5.74) is -3.11. The van der Waals surface area contributed by atoms with Gasteiger partial charge in [0.25, 0.3) is 5.92 Å². The highest BCUT2D eigenvalue weighted by atomic mass is 19.4. The Kier molecular flexibility index (Phi) is 7.50. The molecule has 0 aromatic rings. The molecule has 2 aliphatic rings. The lowest BCUT2D eigenvalue weighted by Gasteiger charge is -2.36. The fourth-order valence-corrected chi connectivity index (χ4v) is 3.98. The first-order valence-corrected chi connectivity index (χ1v) is 11.2. The molecular weight excluding hydrogens is 481 g/mol. The molecule has 0 unspecified atom stereocenters. The van der Waals surface area contributed by atoms with Gasteiger partial charge in [0.2, 0.25) is 0 Å². The summed E-state index contributed by atoms with van der Waals surface area (Å²) < 4.78 is 80.7. The molecule has 0 N–H and O–H groups in total. The molecule has 0 spiro atoms. The lowest BCUT2D eigenvalue weighted by molar-refractivity contribution is -0.205. The van der Waals surface area contributed by atoms with Gasteiger partial charge in [0.1, 0.15) is 17.2 Å². The van der Waals surface area contributed by atoms with Gasteiger partial charge in [0, 0.05) is 6.54 Å².